The van der Waals surface area contributed by atoms with Crippen molar-refractivity contribution >= 4 is 39.5 Å². The number of hydrogen-bond donors (Lipinski definition) is 3. The number of phosphoric acid groups is 2. The van der Waals surface area contributed by atoms with Gasteiger partial charge in [-0.15, -0.1) is 0 Å². The molecule has 0 bridgehead atoms. The number of carbonyl (C=O) groups excluding carboxylic acids is 4. The van der Waals surface area contributed by atoms with E-state index in [0.29, 0.717) is 25.7 Å². The number of aliphatic hydroxyl groups is 1. The minimum absolute atomic E-state index is 0.103. The fourth-order valence-electron chi connectivity index (χ4n) is 11.3. The molecule has 0 aliphatic heterocycles. The molecular weight excluding hydrogens is 1220 g/mol. The van der Waals surface area contributed by atoms with Crippen molar-refractivity contribution in [3.8, 4) is 0 Å². The molecule has 0 saturated carbocycles. The fraction of sp³-hybridized carbons (Fsp3) is 0.946. The zero-order chi connectivity index (χ0) is 68.4. The van der Waals surface area contributed by atoms with Gasteiger partial charge < -0.3 is 33.8 Å². The monoisotopic (exact) mass is 1370 g/mol. The number of carbonyl (C=O) groups is 4. The van der Waals surface area contributed by atoms with E-state index in [1.165, 1.54) is 205 Å². The quantitative estimate of drug-likeness (QED) is 0.0222. The fourth-order valence-corrected chi connectivity index (χ4v) is 12.9. The molecule has 17 nitrogen and oxygen atoms in total. The van der Waals surface area contributed by atoms with Gasteiger partial charge in [0.15, 0.2) is 12.2 Å². The molecule has 0 aliphatic rings. The second-order valence-electron chi connectivity index (χ2n) is 26.9. The van der Waals surface area contributed by atoms with Crippen LogP contribution in [0.4, 0.5) is 0 Å². The lowest BCUT2D eigenvalue weighted by Gasteiger charge is -2.21. The van der Waals surface area contributed by atoms with Gasteiger partial charge in [0, 0.05) is 25.7 Å². The number of unbranched alkanes of at least 4 members (excludes halogenated alkanes) is 45. The number of hydrogen-bond acceptors (Lipinski definition) is 15. The Bertz CT molecular complexity index is 1790. The van der Waals surface area contributed by atoms with Crippen molar-refractivity contribution in [1.82, 2.24) is 0 Å². The maximum atomic E-state index is 13.1. The van der Waals surface area contributed by atoms with Gasteiger partial charge in [-0.2, -0.15) is 0 Å². The van der Waals surface area contributed by atoms with Crippen molar-refractivity contribution in [1.29, 1.82) is 0 Å². The van der Waals surface area contributed by atoms with Crippen molar-refractivity contribution < 1.29 is 80.2 Å². The third-order valence-corrected chi connectivity index (χ3v) is 19.5. The van der Waals surface area contributed by atoms with Gasteiger partial charge in [0.2, 0.25) is 0 Å². The van der Waals surface area contributed by atoms with E-state index >= 15 is 0 Å². The lowest BCUT2D eigenvalue weighted by molar-refractivity contribution is -0.161. The first-order valence-electron chi connectivity index (χ1n) is 38.7. The molecule has 3 N–H and O–H groups in total. The molecule has 0 aromatic carbocycles. The van der Waals surface area contributed by atoms with E-state index < -0.39 is 97.5 Å². The molecule has 0 fully saturated rings. The average Bonchev–Trinajstić information content (AvgIpc) is 3.63. The Morgan fingerprint density at radius 1 is 0.301 bits per heavy atom. The van der Waals surface area contributed by atoms with Crippen LogP contribution in [0.25, 0.3) is 0 Å². The predicted molar refractivity (Wildman–Crippen MR) is 377 cm³/mol. The summed E-state index contributed by atoms with van der Waals surface area (Å²) < 4.78 is 68.3. The molecule has 0 amide bonds. The first-order chi connectivity index (χ1) is 45.1. The van der Waals surface area contributed by atoms with Crippen LogP contribution in [0.15, 0.2) is 0 Å². The van der Waals surface area contributed by atoms with Crippen LogP contribution in [0.5, 0.6) is 0 Å². The Kier molecular flexibility index (Phi) is 65.9. The second kappa shape index (κ2) is 67.3. The maximum absolute atomic E-state index is 13.1. The van der Waals surface area contributed by atoms with E-state index in [2.05, 4.69) is 34.6 Å². The summed E-state index contributed by atoms with van der Waals surface area (Å²) in [6, 6.07) is 0. The van der Waals surface area contributed by atoms with Crippen molar-refractivity contribution in [3.63, 3.8) is 0 Å². The molecule has 0 rings (SSSR count). The van der Waals surface area contributed by atoms with Crippen molar-refractivity contribution in [2.24, 2.45) is 5.92 Å². The van der Waals surface area contributed by atoms with Gasteiger partial charge in [-0.1, -0.05) is 336 Å². The number of ether oxygens (including phenoxy) is 4. The van der Waals surface area contributed by atoms with Crippen LogP contribution < -0.4 is 0 Å². The van der Waals surface area contributed by atoms with E-state index in [-0.39, 0.29) is 25.7 Å². The minimum atomic E-state index is -4.95. The summed E-state index contributed by atoms with van der Waals surface area (Å²) in [5, 5.41) is 10.6. The van der Waals surface area contributed by atoms with Crippen LogP contribution in [-0.2, 0) is 65.4 Å². The standard InChI is InChI=1S/C74H144O17P2/c1-6-10-13-16-19-22-24-26-28-29-30-31-32-33-34-36-38-40-43-49-54-59-73(78)90-69(63-85-72(77)58-53-48-42-39-37-35-27-25-23-20-17-14-11-7-2)65-88-92(80,81)86-61-68(75)62-87-93(82,83)89-66-70(64-84-71(76)57-52-47-41-21-18-15-12-8-3)91-74(79)60-55-50-45-44-46-51-56-67(5)9-4/h67-70,75H,6-66H2,1-5H3,(H,80,81)(H,82,83)/t67?,68-,69-,70-/m1/s1. The van der Waals surface area contributed by atoms with Gasteiger partial charge in [-0.05, 0) is 31.6 Å². The SMILES string of the molecule is CCCCCCCCCCCCCCCCCCCCCCCC(=O)O[C@H](COC(=O)CCCCCCCCCCCCCCCC)COP(=O)(O)OC[C@@H](O)COP(=O)(O)OC[C@@H](COC(=O)CCCCCCCCCC)OC(=O)CCCCCCCCC(C)CC. The highest BCUT2D eigenvalue weighted by Gasteiger charge is 2.30. The summed E-state index contributed by atoms with van der Waals surface area (Å²) >= 11 is 0. The predicted octanol–water partition coefficient (Wildman–Crippen LogP) is 21.7. The summed E-state index contributed by atoms with van der Waals surface area (Å²) in [4.78, 5) is 72.6. The largest absolute Gasteiger partial charge is 0.472 e. The summed E-state index contributed by atoms with van der Waals surface area (Å²) in [6.45, 7) is 7.20. The maximum Gasteiger partial charge on any atom is 0.472 e. The number of phosphoric ester groups is 2. The Morgan fingerprint density at radius 3 is 0.763 bits per heavy atom. The Labute approximate surface area is 568 Å². The molecule has 0 heterocycles. The van der Waals surface area contributed by atoms with Gasteiger partial charge >= 0.3 is 39.5 Å². The molecule has 0 aromatic heterocycles. The van der Waals surface area contributed by atoms with Crippen LogP contribution >= 0.6 is 15.6 Å². The lowest BCUT2D eigenvalue weighted by Crippen LogP contribution is -2.30. The average molecular weight is 1370 g/mol. The van der Waals surface area contributed by atoms with Gasteiger partial charge in [0.1, 0.15) is 19.3 Å². The van der Waals surface area contributed by atoms with Crippen molar-refractivity contribution in [2.75, 3.05) is 39.6 Å². The molecule has 3 unspecified atom stereocenters. The van der Waals surface area contributed by atoms with Gasteiger partial charge in [-0.25, -0.2) is 9.13 Å². The summed E-state index contributed by atoms with van der Waals surface area (Å²) in [5.41, 5.74) is 0. The first-order valence-corrected chi connectivity index (χ1v) is 41.7. The van der Waals surface area contributed by atoms with Gasteiger partial charge in [0.25, 0.3) is 0 Å². The van der Waals surface area contributed by atoms with Crippen LogP contribution in [0.3, 0.4) is 0 Å². The number of aliphatic hydroxyl groups excluding tert-OH is 1. The Hall–Kier alpha value is -1.94. The minimum Gasteiger partial charge on any atom is -0.462 e. The van der Waals surface area contributed by atoms with Crippen LogP contribution in [0.2, 0.25) is 0 Å². The summed E-state index contributed by atoms with van der Waals surface area (Å²) in [6.07, 6.45) is 55.7. The normalized spacial score (nSPS) is 14.3. The van der Waals surface area contributed by atoms with Crippen molar-refractivity contribution in [3.05, 3.63) is 0 Å². The lowest BCUT2D eigenvalue weighted by atomic mass is 10.00. The van der Waals surface area contributed by atoms with E-state index in [4.69, 9.17) is 37.0 Å². The molecule has 0 saturated heterocycles. The molecule has 0 radical (unpaired) electrons. The zero-order valence-electron chi connectivity index (χ0n) is 60.4. The molecule has 93 heavy (non-hydrogen) atoms. The summed E-state index contributed by atoms with van der Waals surface area (Å²) in [5.74, 6) is -1.40. The molecule has 19 heteroatoms. The number of esters is 4. The number of rotatable bonds is 74. The van der Waals surface area contributed by atoms with Crippen LogP contribution in [-0.4, -0.2) is 96.7 Å². The molecular formula is C74H144O17P2. The smallest absolute Gasteiger partial charge is 0.462 e. The third-order valence-electron chi connectivity index (χ3n) is 17.6. The molecule has 6 atom stereocenters. The highest BCUT2D eigenvalue weighted by atomic mass is 31.2. The van der Waals surface area contributed by atoms with E-state index in [1.807, 2.05) is 0 Å². The Balaban J connectivity index is 5.17. The van der Waals surface area contributed by atoms with E-state index in [9.17, 15) is 43.2 Å². The Morgan fingerprint density at radius 2 is 0.516 bits per heavy atom. The second-order valence-corrected chi connectivity index (χ2v) is 29.8. The van der Waals surface area contributed by atoms with Crippen LogP contribution in [0, 0.1) is 5.92 Å². The molecule has 0 spiro atoms. The first kappa shape index (κ1) is 91.1. The molecule has 0 aromatic rings. The molecule has 0 aliphatic carbocycles. The topological polar surface area (TPSA) is 237 Å². The highest BCUT2D eigenvalue weighted by Crippen LogP contribution is 2.45. The van der Waals surface area contributed by atoms with Crippen molar-refractivity contribution in [2.45, 2.75) is 406 Å². The highest BCUT2D eigenvalue weighted by molar-refractivity contribution is 7.47. The third kappa shape index (κ3) is 67.0. The zero-order valence-corrected chi connectivity index (χ0v) is 62.2. The van der Waals surface area contributed by atoms with Crippen LogP contribution in [0.1, 0.15) is 388 Å². The van der Waals surface area contributed by atoms with E-state index in [0.717, 1.165) is 102 Å². The van der Waals surface area contributed by atoms with Gasteiger partial charge in [-0.3, -0.25) is 37.3 Å². The summed E-state index contributed by atoms with van der Waals surface area (Å²) in [7, 11) is -9.90. The molecule has 552 valence electrons. The van der Waals surface area contributed by atoms with E-state index in [1.54, 1.807) is 0 Å². The van der Waals surface area contributed by atoms with Gasteiger partial charge in [0.05, 0.1) is 26.4 Å².